The minimum absolute atomic E-state index is 0.0176. The maximum atomic E-state index is 15.9. The molecule has 7 fully saturated rings. The maximum Gasteiger partial charge on any atom is 0.246 e. The number of nitrogens with zero attached hydrogens (tertiary/aromatic N) is 3. The van der Waals surface area contributed by atoms with Crippen LogP contribution in [0.2, 0.25) is 0 Å². The van der Waals surface area contributed by atoms with E-state index in [0.29, 0.717) is 12.7 Å². The van der Waals surface area contributed by atoms with Crippen LogP contribution in [0.25, 0.3) is 0 Å². The summed E-state index contributed by atoms with van der Waals surface area (Å²) in [7, 11) is 0. The molecule has 1 amide bonds. The lowest BCUT2D eigenvalue weighted by atomic mass is 9.81. The fourth-order valence-corrected chi connectivity index (χ4v) is 7.99. The van der Waals surface area contributed by atoms with Crippen molar-refractivity contribution in [1.82, 2.24) is 46.8 Å². The Labute approximate surface area is 235 Å². The van der Waals surface area contributed by atoms with Gasteiger partial charge >= 0.3 is 0 Å². The van der Waals surface area contributed by atoms with E-state index in [-0.39, 0.29) is 60.6 Å². The molecule has 11 atom stereocenters. The van der Waals surface area contributed by atoms with E-state index in [9.17, 15) is 4.79 Å². The van der Waals surface area contributed by atoms with Crippen LogP contribution in [0.4, 0.5) is 4.39 Å². The third-order valence-corrected chi connectivity index (χ3v) is 10.2. The Morgan fingerprint density at radius 1 is 1.15 bits per heavy atom. The van der Waals surface area contributed by atoms with E-state index in [1.165, 1.54) is 6.08 Å². The average Bonchev–Trinajstić information content (AvgIpc) is 3.45. The van der Waals surface area contributed by atoms with Gasteiger partial charge in [0.2, 0.25) is 5.91 Å². The molecule has 7 heterocycles. The molecule has 11 nitrogen and oxygen atoms in total. The number of carbonyl (C=O) groups excluding carboxylic acids is 1. The van der Waals surface area contributed by atoms with Gasteiger partial charge in [0.1, 0.15) is 24.2 Å². The number of piperidine rings is 2. The van der Waals surface area contributed by atoms with Crippen molar-refractivity contribution in [2.24, 2.45) is 5.92 Å². The zero-order valence-electron chi connectivity index (χ0n) is 23.3. The summed E-state index contributed by atoms with van der Waals surface area (Å²) < 4.78 is 22.2. The van der Waals surface area contributed by atoms with Gasteiger partial charge in [-0.05, 0) is 50.3 Å². The van der Waals surface area contributed by atoms with Crippen molar-refractivity contribution in [2.75, 3.05) is 26.4 Å². The first-order chi connectivity index (χ1) is 19.5. The van der Waals surface area contributed by atoms with Gasteiger partial charge in [0, 0.05) is 56.0 Å². The minimum Gasteiger partial charge on any atom is -0.490 e. The summed E-state index contributed by atoms with van der Waals surface area (Å²) >= 11 is 0. The molecule has 220 valence electrons. The molecule has 8 aliphatic rings. The molecule has 8 rings (SSSR count). The third-order valence-electron chi connectivity index (χ3n) is 10.2. The van der Waals surface area contributed by atoms with Gasteiger partial charge in [0.05, 0.1) is 25.0 Å². The molecule has 6 saturated heterocycles. The molecule has 40 heavy (non-hydrogen) atoms. The summed E-state index contributed by atoms with van der Waals surface area (Å²) in [4.78, 5) is 16.7. The Bertz CT molecular complexity index is 1030. The summed E-state index contributed by atoms with van der Waals surface area (Å²) in [5.41, 5.74) is 3.23. The number of hydrogen-bond acceptors (Lipinski definition) is 10. The highest BCUT2D eigenvalue weighted by Crippen LogP contribution is 2.35. The number of nitrogens with one attached hydrogen (secondary N) is 6. The molecule has 2 bridgehead atoms. The second kappa shape index (κ2) is 11.0. The lowest BCUT2D eigenvalue weighted by Gasteiger charge is -2.59. The van der Waals surface area contributed by atoms with Crippen molar-refractivity contribution in [1.29, 1.82) is 0 Å². The van der Waals surface area contributed by atoms with E-state index >= 15 is 4.39 Å². The summed E-state index contributed by atoms with van der Waals surface area (Å²) in [6.45, 7) is 8.87. The first kappa shape index (κ1) is 26.8. The number of allylic oxidation sites excluding steroid dienone is 1. The summed E-state index contributed by atoms with van der Waals surface area (Å²) in [6, 6.07) is 0.849. The van der Waals surface area contributed by atoms with E-state index in [1.54, 1.807) is 0 Å². The Morgan fingerprint density at radius 2 is 2.00 bits per heavy atom. The zero-order chi connectivity index (χ0) is 27.4. The second-order valence-corrected chi connectivity index (χ2v) is 12.5. The van der Waals surface area contributed by atoms with E-state index in [2.05, 4.69) is 49.6 Å². The topological polar surface area (TPSA) is 108 Å². The van der Waals surface area contributed by atoms with Crippen molar-refractivity contribution < 1.29 is 13.9 Å². The number of halogens is 1. The van der Waals surface area contributed by atoms with Crippen molar-refractivity contribution in [3.63, 3.8) is 0 Å². The number of fused-ring (bicyclic) bond motifs is 4. The summed E-state index contributed by atoms with van der Waals surface area (Å²) in [5, 5.41) is 20.1. The van der Waals surface area contributed by atoms with Crippen LogP contribution in [0.3, 0.4) is 0 Å². The van der Waals surface area contributed by atoms with E-state index in [4.69, 9.17) is 4.74 Å². The Hall–Kier alpha value is -2.06. The highest BCUT2D eigenvalue weighted by molar-refractivity contribution is 5.88. The van der Waals surface area contributed by atoms with Gasteiger partial charge in [-0.1, -0.05) is 13.5 Å². The number of alkyl halides is 1. The molecule has 0 aromatic heterocycles. The van der Waals surface area contributed by atoms with Crippen LogP contribution in [0.1, 0.15) is 39.0 Å². The number of hydrazine groups is 1. The van der Waals surface area contributed by atoms with Crippen molar-refractivity contribution in [3.05, 3.63) is 36.8 Å². The molecular weight excluding hydrogens is 513 g/mol. The molecule has 7 aliphatic heterocycles. The Balaban J connectivity index is 0.948. The number of ether oxygens (including phenoxy) is 1. The van der Waals surface area contributed by atoms with Crippen LogP contribution in [0.5, 0.6) is 0 Å². The molecule has 1 saturated carbocycles. The monoisotopic (exact) mass is 557 g/mol. The first-order valence-corrected chi connectivity index (χ1v) is 15.1. The summed E-state index contributed by atoms with van der Waals surface area (Å²) in [5.74, 6) is 0.652. The standard InChI is InChI=1S/C28H44FN9O2/c1-3-25(39)38-17-10-18(38)13-36(12-17)23-7-5-21-27(35-23)28(32-14-30-21)34-20-4-6-22(16(2)26(20)29)40-19-8-9-37-24(11-19)31-15-33-37/h3,8-9,11,16-18,20-24,26-28,30-35H,1,4-7,10,12-15H2,2H3/t16?,17-,18?,20?,21?,22?,23?,24?,26?,27?,28?/m1/s1. The molecule has 0 radical (unpaired) electrons. The van der Waals surface area contributed by atoms with Gasteiger partial charge in [-0.15, -0.1) is 0 Å². The predicted molar refractivity (Wildman–Crippen MR) is 149 cm³/mol. The zero-order valence-corrected chi connectivity index (χ0v) is 23.3. The van der Waals surface area contributed by atoms with Crippen molar-refractivity contribution >= 4 is 5.91 Å². The van der Waals surface area contributed by atoms with Gasteiger partial charge in [-0.3, -0.25) is 41.3 Å². The van der Waals surface area contributed by atoms with Crippen molar-refractivity contribution in [3.8, 4) is 0 Å². The van der Waals surface area contributed by atoms with Crippen LogP contribution in [-0.4, -0.2) is 108 Å². The van der Waals surface area contributed by atoms with E-state index in [0.717, 1.165) is 57.6 Å². The van der Waals surface area contributed by atoms with Gasteiger partial charge < -0.3 is 9.64 Å². The van der Waals surface area contributed by atoms with E-state index < -0.39 is 6.17 Å². The predicted octanol–water partition coefficient (Wildman–Crippen LogP) is -0.403. The highest BCUT2D eigenvalue weighted by Gasteiger charge is 2.50. The molecule has 10 unspecified atom stereocenters. The number of piperazine rings is 1. The highest BCUT2D eigenvalue weighted by atomic mass is 19.1. The molecule has 0 aromatic rings. The van der Waals surface area contributed by atoms with Crippen LogP contribution < -0.4 is 32.0 Å². The molecule has 0 spiro atoms. The average molecular weight is 558 g/mol. The molecule has 6 N–H and O–H groups in total. The number of hydrogen-bond donors (Lipinski definition) is 6. The van der Waals surface area contributed by atoms with Gasteiger partial charge in [-0.25, -0.2) is 9.82 Å². The van der Waals surface area contributed by atoms with Crippen LogP contribution in [0, 0.1) is 5.92 Å². The quantitative estimate of drug-likeness (QED) is 0.242. The Kier molecular flexibility index (Phi) is 7.36. The fourth-order valence-electron chi connectivity index (χ4n) is 7.99. The lowest BCUT2D eigenvalue weighted by Crippen LogP contribution is -2.78. The maximum absolute atomic E-state index is 15.9. The number of rotatable bonds is 6. The van der Waals surface area contributed by atoms with Gasteiger partial charge in [0.15, 0.2) is 0 Å². The minimum atomic E-state index is -0.994. The molecule has 12 heteroatoms. The van der Waals surface area contributed by atoms with Crippen molar-refractivity contribution in [2.45, 2.75) is 100 Å². The van der Waals surface area contributed by atoms with Crippen LogP contribution >= 0.6 is 0 Å². The third kappa shape index (κ3) is 4.87. The lowest BCUT2D eigenvalue weighted by molar-refractivity contribution is -0.151. The molecule has 0 aromatic carbocycles. The molecular formula is C28H44FN9O2. The number of amides is 1. The fraction of sp³-hybridized carbons (Fsp3) is 0.750. The van der Waals surface area contributed by atoms with Crippen LogP contribution in [-0.2, 0) is 9.53 Å². The van der Waals surface area contributed by atoms with Gasteiger partial charge in [0.25, 0.3) is 0 Å². The second-order valence-electron chi connectivity index (χ2n) is 12.5. The van der Waals surface area contributed by atoms with E-state index in [1.807, 2.05) is 29.1 Å². The number of carbonyl (C=O) groups is 1. The smallest absolute Gasteiger partial charge is 0.246 e. The summed E-state index contributed by atoms with van der Waals surface area (Å²) in [6.07, 6.45) is 11.4. The largest absolute Gasteiger partial charge is 0.490 e. The first-order valence-electron chi connectivity index (χ1n) is 15.1. The Morgan fingerprint density at radius 3 is 2.83 bits per heavy atom. The SMILES string of the molecule is C=CC(=O)N1C2C[C@@H]1CN(C1CCC3NCNC(NC4CCC(OC5=CC6NCNN6C=C5)C(C)C4F)C3N1)C2. The molecule has 1 aliphatic carbocycles. The van der Waals surface area contributed by atoms with Crippen LogP contribution in [0.15, 0.2) is 36.8 Å². The van der Waals surface area contributed by atoms with Gasteiger partial charge in [-0.2, -0.15) is 0 Å². The normalized spacial score (nSPS) is 44.8.